The first-order chi connectivity index (χ1) is 14.2. The number of carbonyl (C=O) groups is 1. The van der Waals surface area contributed by atoms with Gasteiger partial charge in [-0.15, -0.1) is 0 Å². The summed E-state index contributed by atoms with van der Waals surface area (Å²) in [5, 5.41) is 3.11. The van der Waals surface area contributed by atoms with Gasteiger partial charge < -0.3 is 10.1 Å². The molecule has 1 amide bonds. The first-order valence-corrected chi connectivity index (χ1v) is 11.7. The first kappa shape index (κ1) is 22.2. The van der Waals surface area contributed by atoms with Crippen LogP contribution in [0.5, 0.6) is 5.75 Å². The van der Waals surface area contributed by atoms with Crippen LogP contribution in [0.3, 0.4) is 0 Å². The Bertz CT molecular complexity index is 989. The highest BCUT2D eigenvalue weighted by Crippen LogP contribution is 2.30. The number of nitrogens with one attached hydrogen (secondary N) is 1. The summed E-state index contributed by atoms with van der Waals surface area (Å²) in [7, 11) is -0.756. The predicted octanol–water partition coefficient (Wildman–Crippen LogP) is 4.07. The van der Waals surface area contributed by atoms with Gasteiger partial charge in [-0.2, -0.15) is 0 Å². The molecule has 0 heterocycles. The van der Waals surface area contributed by atoms with Gasteiger partial charge in [-0.05, 0) is 60.7 Å². The summed E-state index contributed by atoms with van der Waals surface area (Å²) in [5.74, 6) is 1.38. The van der Waals surface area contributed by atoms with Crippen molar-refractivity contribution in [2.45, 2.75) is 44.0 Å². The van der Waals surface area contributed by atoms with E-state index in [-0.39, 0.29) is 16.8 Å². The SMILES string of the molecule is COc1ccc(N(C)S(=O)(=O)c2cccc(C(=O)N[C@@H]3CCC[C@H](C)[C@H]3C)c2)cc1. The lowest BCUT2D eigenvalue weighted by atomic mass is 9.78. The second-order valence-corrected chi connectivity index (χ2v) is 10.0. The van der Waals surface area contributed by atoms with Crippen LogP contribution in [0.15, 0.2) is 53.4 Å². The van der Waals surface area contributed by atoms with Crippen molar-refractivity contribution in [3.8, 4) is 5.75 Å². The molecule has 0 spiro atoms. The molecule has 0 aliphatic heterocycles. The molecule has 2 aromatic carbocycles. The molecule has 6 nitrogen and oxygen atoms in total. The van der Waals surface area contributed by atoms with Crippen molar-refractivity contribution in [3.63, 3.8) is 0 Å². The van der Waals surface area contributed by atoms with Crippen molar-refractivity contribution in [1.29, 1.82) is 0 Å². The van der Waals surface area contributed by atoms with E-state index in [0.29, 0.717) is 28.8 Å². The summed E-state index contributed by atoms with van der Waals surface area (Å²) in [6, 6.07) is 13.1. The molecule has 0 unspecified atom stereocenters. The molecular weight excluding hydrogens is 400 g/mol. The van der Waals surface area contributed by atoms with E-state index in [0.717, 1.165) is 12.8 Å². The summed E-state index contributed by atoms with van der Waals surface area (Å²) in [6.07, 6.45) is 3.23. The topological polar surface area (TPSA) is 75.7 Å². The normalized spacial score (nSPS) is 21.7. The number of methoxy groups -OCH3 is 1. The Morgan fingerprint density at radius 1 is 1.10 bits per heavy atom. The van der Waals surface area contributed by atoms with Crippen molar-refractivity contribution in [1.82, 2.24) is 5.32 Å². The van der Waals surface area contributed by atoms with Crippen LogP contribution >= 0.6 is 0 Å². The Morgan fingerprint density at radius 2 is 1.80 bits per heavy atom. The third kappa shape index (κ3) is 4.61. The average molecular weight is 431 g/mol. The number of nitrogens with zero attached hydrogens (tertiary/aromatic N) is 1. The molecule has 0 bridgehead atoms. The molecule has 2 aromatic rings. The molecule has 162 valence electrons. The van der Waals surface area contributed by atoms with Crippen LogP contribution in [0.1, 0.15) is 43.5 Å². The maximum absolute atomic E-state index is 13.1. The minimum absolute atomic E-state index is 0.0820. The van der Waals surface area contributed by atoms with Gasteiger partial charge in [0.1, 0.15) is 5.75 Å². The number of anilines is 1. The van der Waals surface area contributed by atoms with E-state index >= 15 is 0 Å². The van der Waals surface area contributed by atoms with Gasteiger partial charge in [0.15, 0.2) is 0 Å². The van der Waals surface area contributed by atoms with E-state index in [9.17, 15) is 13.2 Å². The van der Waals surface area contributed by atoms with Gasteiger partial charge in [-0.3, -0.25) is 9.10 Å². The maximum atomic E-state index is 13.1. The van der Waals surface area contributed by atoms with Gasteiger partial charge in [0, 0.05) is 18.7 Å². The van der Waals surface area contributed by atoms with E-state index in [1.165, 1.54) is 29.9 Å². The summed E-state index contributed by atoms with van der Waals surface area (Å²) in [6.45, 7) is 4.38. The Morgan fingerprint density at radius 3 is 2.47 bits per heavy atom. The standard InChI is InChI=1S/C23H30N2O4S/c1-16-7-5-10-22(17(16)2)24-23(26)18-8-6-9-21(15-18)30(27,28)25(3)19-11-13-20(29-4)14-12-19/h6,8-9,11-17,22H,5,7,10H2,1-4H3,(H,24,26)/t16-,17+,22+/m0/s1. The quantitative estimate of drug-likeness (QED) is 0.749. The molecule has 0 saturated heterocycles. The fourth-order valence-electron chi connectivity index (χ4n) is 3.92. The number of carbonyl (C=O) groups excluding carboxylic acids is 1. The van der Waals surface area contributed by atoms with Gasteiger partial charge in [-0.1, -0.05) is 32.8 Å². The van der Waals surface area contributed by atoms with Gasteiger partial charge in [0.25, 0.3) is 15.9 Å². The molecular formula is C23H30N2O4S. The summed E-state index contributed by atoms with van der Waals surface area (Å²) >= 11 is 0. The number of amides is 1. The predicted molar refractivity (Wildman–Crippen MR) is 118 cm³/mol. The highest BCUT2D eigenvalue weighted by atomic mass is 32.2. The number of ether oxygens (including phenoxy) is 1. The fourth-order valence-corrected chi connectivity index (χ4v) is 5.17. The van der Waals surface area contributed by atoms with Crippen molar-refractivity contribution in [2.75, 3.05) is 18.5 Å². The maximum Gasteiger partial charge on any atom is 0.264 e. The van der Waals surface area contributed by atoms with Gasteiger partial charge in [0.2, 0.25) is 0 Å². The average Bonchev–Trinajstić information content (AvgIpc) is 2.76. The third-order valence-electron chi connectivity index (χ3n) is 6.21. The number of benzene rings is 2. The molecule has 7 heteroatoms. The lowest BCUT2D eigenvalue weighted by Crippen LogP contribution is -2.43. The van der Waals surface area contributed by atoms with Crippen molar-refractivity contribution < 1.29 is 17.9 Å². The molecule has 1 saturated carbocycles. The van der Waals surface area contributed by atoms with Gasteiger partial charge >= 0.3 is 0 Å². The van der Waals surface area contributed by atoms with E-state index in [2.05, 4.69) is 19.2 Å². The van der Waals surface area contributed by atoms with Crippen molar-refractivity contribution in [2.24, 2.45) is 11.8 Å². The summed E-state index contributed by atoms with van der Waals surface area (Å²) in [5.41, 5.74) is 0.861. The van der Waals surface area contributed by atoms with Crippen LogP contribution in [0.4, 0.5) is 5.69 Å². The molecule has 0 aromatic heterocycles. The first-order valence-electron chi connectivity index (χ1n) is 10.3. The largest absolute Gasteiger partial charge is 0.497 e. The van der Waals surface area contributed by atoms with Crippen LogP contribution in [0.25, 0.3) is 0 Å². The molecule has 1 fully saturated rings. The van der Waals surface area contributed by atoms with Crippen LogP contribution in [-0.4, -0.2) is 34.5 Å². The zero-order valence-electron chi connectivity index (χ0n) is 18.0. The van der Waals surface area contributed by atoms with Crippen LogP contribution in [0, 0.1) is 11.8 Å². The van der Waals surface area contributed by atoms with Crippen LogP contribution in [0.2, 0.25) is 0 Å². The fraction of sp³-hybridized carbons (Fsp3) is 0.435. The second kappa shape index (κ2) is 9.08. The zero-order chi connectivity index (χ0) is 21.9. The molecule has 3 rings (SSSR count). The molecule has 1 N–H and O–H groups in total. The molecule has 0 radical (unpaired) electrons. The molecule has 1 aliphatic rings. The zero-order valence-corrected chi connectivity index (χ0v) is 18.8. The van der Waals surface area contributed by atoms with Crippen molar-refractivity contribution >= 4 is 21.6 Å². The Kier molecular flexibility index (Phi) is 6.71. The highest BCUT2D eigenvalue weighted by Gasteiger charge is 2.29. The number of sulfonamides is 1. The molecule has 1 aliphatic carbocycles. The number of hydrogen-bond acceptors (Lipinski definition) is 4. The Hall–Kier alpha value is -2.54. The number of rotatable bonds is 6. The van der Waals surface area contributed by atoms with E-state index in [1.54, 1.807) is 43.5 Å². The minimum Gasteiger partial charge on any atom is -0.497 e. The lowest BCUT2D eigenvalue weighted by Gasteiger charge is -2.34. The molecule has 3 atom stereocenters. The van der Waals surface area contributed by atoms with Gasteiger partial charge in [0.05, 0.1) is 17.7 Å². The Balaban J connectivity index is 1.80. The summed E-state index contributed by atoms with van der Waals surface area (Å²) in [4.78, 5) is 12.9. The van der Waals surface area contributed by atoms with E-state index < -0.39 is 10.0 Å². The third-order valence-corrected chi connectivity index (χ3v) is 8.00. The number of hydrogen-bond donors (Lipinski definition) is 1. The van der Waals surface area contributed by atoms with E-state index in [1.807, 2.05) is 0 Å². The van der Waals surface area contributed by atoms with Crippen molar-refractivity contribution in [3.05, 3.63) is 54.1 Å². The lowest BCUT2D eigenvalue weighted by molar-refractivity contribution is 0.0891. The monoisotopic (exact) mass is 430 g/mol. The minimum atomic E-state index is -3.81. The van der Waals surface area contributed by atoms with E-state index in [4.69, 9.17) is 4.74 Å². The second-order valence-electron chi connectivity index (χ2n) is 8.05. The Labute approximate surface area is 179 Å². The van der Waals surface area contributed by atoms with Crippen LogP contribution < -0.4 is 14.4 Å². The van der Waals surface area contributed by atoms with Gasteiger partial charge in [-0.25, -0.2) is 8.42 Å². The smallest absolute Gasteiger partial charge is 0.264 e. The highest BCUT2D eigenvalue weighted by molar-refractivity contribution is 7.92. The van der Waals surface area contributed by atoms with Crippen LogP contribution in [-0.2, 0) is 10.0 Å². The summed E-state index contributed by atoms with van der Waals surface area (Å²) < 4.78 is 32.5. The molecule has 30 heavy (non-hydrogen) atoms.